The number of carbonyl (C=O) groups excluding carboxylic acids is 1. The summed E-state index contributed by atoms with van der Waals surface area (Å²) in [6.45, 7) is 3.62. The second kappa shape index (κ2) is 8.66. The average Bonchev–Trinajstić information content (AvgIpc) is 2.75. The maximum Gasteiger partial charge on any atom is 0.336 e. The minimum Gasteiger partial charge on any atom is -0.482 e. The van der Waals surface area contributed by atoms with E-state index in [2.05, 4.69) is 5.32 Å². The summed E-state index contributed by atoms with van der Waals surface area (Å²) in [6, 6.07) is 19.9. The molecule has 5 nitrogen and oxygen atoms in total. The molecule has 6 heteroatoms. The van der Waals surface area contributed by atoms with Gasteiger partial charge in [-0.1, -0.05) is 60.1 Å². The number of hydrogen-bond donors (Lipinski definition) is 1. The van der Waals surface area contributed by atoms with Crippen molar-refractivity contribution in [1.82, 2.24) is 0 Å². The van der Waals surface area contributed by atoms with Crippen LogP contribution in [0, 0.1) is 13.8 Å². The van der Waals surface area contributed by atoms with Crippen molar-refractivity contribution in [2.75, 3.05) is 11.9 Å². The molecule has 0 aliphatic rings. The minimum atomic E-state index is -0.479. The Hall–Kier alpha value is -3.57. The zero-order valence-electron chi connectivity index (χ0n) is 17.1. The average molecular weight is 434 g/mol. The molecule has 4 aromatic rings. The van der Waals surface area contributed by atoms with Crippen LogP contribution >= 0.6 is 11.6 Å². The van der Waals surface area contributed by atoms with Gasteiger partial charge < -0.3 is 14.5 Å². The normalized spacial score (nSPS) is 10.8. The predicted molar refractivity (Wildman–Crippen MR) is 123 cm³/mol. The third kappa shape index (κ3) is 4.47. The van der Waals surface area contributed by atoms with Crippen molar-refractivity contribution in [3.8, 4) is 16.9 Å². The van der Waals surface area contributed by atoms with Gasteiger partial charge in [0.1, 0.15) is 11.3 Å². The summed E-state index contributed by atoms with van der Waals surface area (Å²) in [6.07, 6.45) is 0. The fourth-order valence-corrected chi connectivity index (χ4v) is 3.68. The summed E-state index contributed by atoms with van der Waals surface area (Å²) in [7, 11) is 0. The first-order chi connectivity index (χ1) is 14.9. The van der Waals surface area contributed by atoms with Crippen molar-refractivity contribution in [3.63, 3.8) is 0 Å². The molecule has 0 spiro atoms. The molecule has 1 N–H and O–H groups in total. The third-order valence-corrected chi connectivity index (χ3v) is 5.28. The van der Waals surface area contributed by atoms with Crippen molar-refractivity contribution < 1.29 is 13.9 Å². The maximum absolute atomic E-state index is 12.4. The molecule has 0 atom stereocenters. The van der Waals surface area contributed by atoms with Crippen LogP contribution in [0.3, 0.4) is 0 Å². The van der Waals surface area contributed by atoms with Crippen LogP contribution in [0.1, 0.15) is 11.1 Å². The van der Waals surface area contributed by atoms with E-state index < -0.39 is 5.63 Å². The predicted octanol–water partition coefficient (Wildman–Crippen LogP) is 5.75. The van der Waals surface area contributed by atoms with Gasteiger partial charge in [0.2, 0.25) is 0 Å². The second-order valence-corrected chi connectivity index (χ2v) is 7.63. The van der Waals surface area contributed by atoms with Gasteiger partial charge in [-0.05, 0) is 42.2 Å². The van der Waals surface area contributed by atoms with Crippen molar-refractivity contribution in [2.45, 2.75) is 13.8 Å². The molecule has 1 aromatic heterocycles. The number of amides is 1. The van der Waals surface area contributed by atoms with E-state index >= 15 is 0 Å². The zero-order valence-corrected chi connectivity index (χ0v) is 17.8. The highest BCUT2D eigenvalue weighted by Crippen LogP contribution is 2.34. The number of carbonyl (C=O) groups is 1. The van der Waals surface area contributed by atoms with E-state index in [-0.39, 0.29) is 18.3 Å². The molecule has 0 fully saturated rings. The SMILES string of the molecule is Cc1cccc(C)c1NC(=O)COc1cc2oc(=O)cc(-c3ccccc3)c2cc1Cl. The summed E-state index contributed by atoms with van der Waals surface area (Å²) < 4.78 is 11.0. The fraction of sp³-hybridized carbons (Fsp3) is 0.120. The van der Waals surface area contributed by atoms with E-state index in [1.54, 1.807) is 6.07 Å². The highest BCUT2D eigenvalue weighted by Gasteiger charge is 2.14. The lowest BCUT2D eigenvalue weighted by atomic mass is 10.0. The molecule has 3 aromatic carbocycles. The first kappa shape index (κ1) is 20.7. The summed E-state index contributed by atoms with van der Waals surface area (Å²) in [5.74, 6) is -0.0489. The number of benzene rings is 3. The summed E-state index contributed by atoms with van der Waals surface area (Å²) in [5.41, 5.74) is 4.14. The number of fused-ring (bicyclic) bond motifs is 1. The van der Waals surface area contributed by atoms with Crippen molar-refractivity contribution >= 4 is 34.2 Å². The highest BCUT2D eigenvalue weighted by molar-refractivity contribution is 6.33. The van der Waals surface area contributed by atoms with Crippen LogP contribution in [0.25, 0.3) is 22.1 Å². The number of anilines is 1. The van der Waals surface area contributed by atoms with E-state index in [1.165, 1.54) is 12.1 Å². The van der Waals surface area contributed by atoms with Crippen LogP contribution in [0.5, 0.6) is 5.75 Å². The van der Waals surface area contributed by atoms with Crippen LogP contribution < -0.4 is 15.7 Å². The molecule has 156 valence electrons. The lowest BCUT2D eigenvalue weighted by Crippen LogP contribution is -2.21. The molecule has 0 unspecified atom stereocenters. The largest absolute Gasteiger partial charge is 0.482 e. The van der Waals surface area contributed by atoms with E-state index in [0.29, 0.717) is 21.6 Å². The van der Waals surface area contributed by atoms with Gasteiger partial charge in [0.05, 0.1) is 5.02 Å². The second-order valence-electron chi connectivity index (χ2n) is 7.23. The van der Waals surface area contributed by atoms with Gasteiger partial charge in [0.15, 0.2) is 6.61 Å². The summed E-state index contributed by atoms with van der Waals surface area (Å²) >= 11 is 6.42. The van der Waals surface area contributed by atoms with E-state index in [1.807, 2.05) is 62.4 Å². The Kier molecular flexibility index (Phi) is 5.78. The number of ether oxygens (including phenoxy) is 1. The highest BCUT2D eigenvalue weighted by atomic mass is 35.5. The number of halogens is 1. The number of para-hydroxylation sites is 1. The fourth-order valence-electron chi connectivity index (χ4n) is 3.46. The Labute approximate surface area is 184 Å². The van der Waals surface area contributed by atoms with Gasteiger partial charge in [-0.3, -0.25) is 4.79 Å². The summed E-state index contributed by atoms with van der Waals surface area (Å²) in [4.78, 5) is 24.5. The maximum atomic E-state index is 12.4. The number of hydrogen-bond acceptors (Lipinski definition) is 4. The molecule has 4 rings (SSSR count). The Morgan fingerprint density at radius 2 is 1.71 bits per heavy atom. The molecule has 0 saturated carbocycles. The van der Waals surface area contributed by atoms with E-state index in [4.69, 9.17) is 20.8 Å². The van der Waals surface area contributed by atoms with Crippen LogP contribution in [0.4, 0.5) is 5.69 Å². The first-order valence-corrected chi connectivity index (χ1v) is 10.1. The number of nitrogens with one attached hydrogen (secondary N) is 1. The Bertz CT molecular complexity index is 1310. The molecule has 0 aliphatic heterocycles. The van der Waals surface area contributed by atoms with Gasteiger partial charge >= 0.3 is 5.63 Å². The molecule has 31 heavy (non-hydrogen) atoms. The monoisotopic (exact) mass is 433 g/mol. The van der Waals surface area contributed by atoms with Crippen molar-refractivity contribution in [1.29, 1.82) is 0 Å². The van der Waals surface area contributed by atoms with Gasteiger partial charge in [-0.2, -0.15) is 0 Å². The molecular weight excluding hydrogens is 414 g/mol. The third-order valence-electron chi connectivity index (χ3n) is 4.99. The molecule has 0 radical (unpaired) electrons. The van der Waals surface area contributed by atoms with Crippen molar-refractivity contribution in [3.05, 3.63) is 93.3 Å². The standard InChI is InChI=1S/C25H20ClNO4/c1-15-7-6-8-16(2)25(15)27-23(28)14-30-22-13-21-19(11-20(22)26)18(12-24(29)31-21)17-9-4-3-5-10-17/h3-13H,14H2,1-2H3,(H,27,28). The van der Waals surface area contributed by atoms with Gasteiger partial charge in [-0.25, -0.2) is 4.79 Å². The zero-order chi connectivity index (χ0) is 22.0. The lowest BCUT2D eigenvalue weighted by Gasteiger charge is -2.13. The van der Waals surface area contributed by atoms with Crippen LogP contribution in [-0.4, -0.2) is 12.5 Å². The first-order valence-electron chi connectivity index (χ1n) is 9.74. The summed E-state index contributed by atoms with van der Waals surface area (Å²) in [5, 5.41) is 3.87. The molecule has 1 amide bonds. The van der Waals surface area contributed by atoms with Crippen molar-refractivity contribution in [2.24, 2.45) is 0 Å². The molecule has 0 aliphatic carbocycles. The molecule has 0 saturated heterocycles. The number of rotatable bonds is 5. The van der Waals surface area contributed by atoms with Gasteiger partial charge in [0, 0.05) is 23.2 Å². The molecule has 0 bridgehead atoms. The molecular formula is C25H20ClNO4. The number of aryl methyl sites for hydroxylation is 2. The molecule has 1 heterocycles. The van der Waals surface area contributed by atoms with E-state index in [0.717, 1.165) is 22.4 Å². The topological polar surface area (TPSA) is 68.5 Å². The quantitative estimate of drug-likeness (QED) is 0.407. The Morgan fingerprint density at radius 3 is 2.42 bits per heavy atom. The van der Waals surface area contributed by atoms with E-state index in [9.17, 15) is 9.59 Å². The Balaban J connectivity index is 1.60. The van der Waals surface area contributed by atoms with Gasteiger partial charge in [-0.15, -0.1) is 0 Å². The van der Waals surface area contributed by atoms with Gasteiger partial charge in [0.25, 0.3) is 5.91 Å². The Morgan fingerprint density at radius 1 is 1.00 bits per heavy atom. The minimum absolute atomic E-state index is 0.235. The van der Waals surface area contributed by atoms with Crippen LogP contribution in [0.15, 0.2) is 75.9 Å². The lowest BCUT2D eigenvalue weighted by molar-refractivity contribution is -0.118. The smallest absolute Gasteiger partial charge is 0.336 e. The van der Waals surface area contributed by atoms with Crippen LogP contribution in [0.2, 0.25) is 5.02 Å². The van der Waals surface area contributed by atoms with Crippen LogP contribution in [-0.2, 0) is 4.79 Å².